The van der Waals surface area contributed by atoms with Crippen LogP contribution in [0.4, 0.5) is 13.2 Å². The summed E-state index contributed by atoms with van der Waals surface area (Å²) in [6.45, 7) is 4.59. The monoisotopic (exact) mass is 370 g/mol. The summed E-state index contributed by atoms with van der Waals surface area (Å²) in [7, 11) is 0. The number of fused-ring (bicyclic) bond motifs is 1. The van der Waals surface area contributed by atoms with Crippen molar-refractivity contribution in [3.8, 4) is 11.5 Å². The van der Waals surface area contributed by atoms with Crippen molar-refractivity contribution in [2.45, 2.75) is 26.6 Å². The third-order valence-electron chi connectivity index (χ3n) is 4.49. The second-order valence-electron chi connectivity index (χ2n) is 6.63. The van der Waals surface area contributed by atoms with Gasteiger partial charge in [-0.3, -0.25) is 4.68 Å². The molecular formula is C20H17F3N4. The number of rotatable bonds is 3. The van der Waals surface area contributed by atoms with Crippen molar-refractivity contribution in [3.63, 3.8) is 0 Å². The summed E-state index contributed by atoms with van der Waals surface area (Å²) >= 11 is 0. The number of benzene rings is 2. The molecular weight excluding hydrogens is 353 g/mol. The molecule has 4 rings (SSSR count). The minimum absolute atomic E-state index is 0.338. The van der Waals surface area contributed by atoms with E-state index in [9.17, 15) is 13.2 Å². The predicted octanol–water partition coefficient (Wildman–Crippen LogP) is 5.11. The van der Waals surface area contributed by atoms with Crippen LogP contribution in [-0.2, 0) is 12.7 Å². The van der Waals surface area contributed by atoms with Crippen LogP contribution in [0.15, 0.2) is 48.5 Å². The number of aromatic nitrogens is 4. The summed E-state index contributed by atoms with van der Waals surface area (Å²) in [5.74, 6) is 0.454. The maximum atomic E-state index is 12.9. The Bertz CT molecular complexity index is 1100. The van der Waals surface area contributed by atoms with Gasteiger partial charge in [-0.1, -0.05) is 29.8 Å². The van der Waals surface area contributed by atoms with Crippen LogP contribution in [0.2, 0.25) is 0 Å². The SMILES string of the molecule is Cc1ccc(Cn2nc(-c3nc4ccc(C(F)(F)F)cc4[nH]3)cc2C)cc1. The van der Waals surface area contributed by atoms with E-state index in [-0.39, 0.29) is 0 Å². The van der Waals surface area contributed by atoms with Crippen molar-refractivity contribution in [1.82, 2.24) is 19.7 Å². The molecule has 138 valence electrons. The molecule has 2 aromatic heterocycles. The van der Waals surface area contributed by atoms with E-state index in [4.69, 9.17) is 0 Å². The topological polar surface area (TPSA) is 46.5 Å². The second-order valence-corrected chi connectivity index (χ2v) is 6.63. The summed E-state index contributed by atoms with van der Waals surface area (Å²) in [6, 6.07) is 13.5. The molecule has 0 aliphatic heterocycles. The Morgan fingerprint density at radius 3 is 2.44 bits per heavy atom. The minimum atomic E-state index is -4.38. The Balaban J connectivity index is 1.66. The smallest absolute Gasteiger partial charge is 0.337 e. The van der Waals surface area contributed by atoms with Gasteiger partial charge in [-0.05, 0) is 43.7 Å². The Hall–Kier alpha value is -3.09. The van der Waals surface area contributed by atoms with Gasteiger partial charge < -0.3 is 4.98 Å². The van der Waals surface area contributed by atoms with Gasteiger partial charge in [0.1, 0.15) is 5.69 Å². The fourth-order valence-corrected chi connectivity index (χ4v) is 2.96. The van der Waals surface area contributed by atoms with Gasteiger partial charge in [0.15, 0.2) is 5.82 Å². The van der Waals surface area contributed by atoms with Crippen LogP contribution in [0.1, 0.15) is 22.4 Å². The number of aryl methyl sites for hydroxylation is 2. The highest BCUT2D eigenvalue weighted by atomic mass is 19.4. The number of hydrogen-bond acceptors (Lipinski definition) is 2. The fraction of sp³-hybridized carbons (Fsp3) is 0.200. The number of hydrogen-bond donors (Lipinski definition) is 1. The van der Waals surface area contributed by atoms with Crippen LogP contribution in [0.25, 0.3) is 22.6 Å². The van der Waals surface area contributed by atoms with Crippen molar-refractivity contribution >= 4 is 11.0 Å². The van der Waals surface area contributed by atoms with Gasteiger partial charge in [0.05, 0.1) is 23.1 Å². The minimum Gasteiger partial charge on any atom is -0.337 e. The standard InChI is InChI=1S/C20H17F3N4/c1-12-3-5-14(6-4-12)11-27-13(2)9-18(26-27)19-24-16-8-7-15(20(21,22)23)10-17(16)25-19/h3-10H,11H2,1-2H3,(H,24,25). The molecule has 4 nitrogen and oxygen atoms in total. The molecule has 4 aromatic rings. The molecule has 7 heteroatoms. The number of H-pyrrole nitrogens is 1. The molecule has 0 atom stereocenters. The van der Waals surface area contributed by atoms with Crippen LogP contribution in [0.5, 0.6) is 0 Å². The van der Waals surface area contributed by atoms with E-state index in [1.807, 2.05) is 36.7 Å². The first-order chi connectivity index (χ1) is 12.8. The predicted molar refractivity (Wildman–Crippen MR) is 97.3 cm³/mol. The molecule has 0 aliphatic rings. The first-order valence-electron chi connectivity index (χ1n) is 8.47. The molecule has 0 fully saturated rings. The van der Waals surface area contributed by atoms with E-state index >= 15 is 0 Å². The number of aromatic amines is 1. The molecule has 1 N–H and O–H groups in total. The molecule has 0 aliphatic carbocycles. The van der Waals surface area contributed by atoms with Gasteiger partial charge in [-0.15, -0.1) is 0 Å². The summed E-state index contributed by atoms with van der Waals surface area (Å²) in [4.78, 5) is 7.33. The van der Waals surface area contributed by atoms with Crippen molar-refractivity contribution in [1.29, 1.82) is 0 Å². The number of nitrogens with zero attached hydrogens (tertiary/aromatic N) is 3. The molecule has 27 heavy (non-hydrogen) atoms. The summed E-state index contributed by atoms with van der Waals surface area (Å²) in [6.07, 6.45) is -4.38. The lowest BCUT2D eigenvalue weighted by Crippen LogP contribution is -2.04. The maximum Gasteiger partial charge on any atom is 0.416 e. The van der Waals surface area contributed by atoms with Gasteiger partial charge in [-0.2, -0.15) is 18.3 Å². The lowest BCUT2D eigenvalue weighted by molar-refractivity contribution is -0.137. The highest BCUT2D eigenvalue weighted by Gasteiger charge is 2.30. The van der Waals surface area contributed by atoms with Crippen molar-refractivity contribution in [2.75, 3.05) is 0 Å². The van der Waals surface area contributed by atoms with Crippen molar-refractivity contribution < 1.29 is 13.2 Å². The van der Waals surface area contributed by atoms with Gasteiger partial charge in [-0.25, -0.2) is 4.98 Å². The Labute approximate surface area is 153 Å². The Kier molecular flexibility index (Phi) is 4.02. The number of nitrogens with one attached hydrogen (secondary N) is 1. The first kappa shape index (κ1) is 17.3. The molecule has 0 amide bonds. The van der Waals surface area contributed by atoms with E-state index < -0.39 is 11.7 Å². The number of halogens is 3. The van der Waals surface area contributed by atoms with E-state index in [2.05, 4.69) is 27.2 Å². The van der Waals surface area contributed by atoms with E-state index in [1.165, 1.54) is 11.6 Å². The Morgan fingerprint density at radius 1 is 1.00 bits per heavy atom. The van der Waals surface area contributed by atoms with E-state index in [1.54, 1.807) is 0 Å². The van der Waals surface area contributed by atoms with E-state index in [0.29, 0.717) is 29.1 Å². The highest BCUT2D eigenvalue weighted by Crippen LogP contribution is 2.31. The Morgan fingerprint density at radius 2 is 1.74 bits per heavy atom. The van der Waals surface area contributed by atoms with Gasteiger partial charge >= 0.3 is 6.18 Å². The molecule has 0 spiro atoms. The normalized spacial score (nSPS) is 12.0. The maximum absolute atomic E-state index is 12.9. The summed E-state index contributed by atoms with van der Waals surface area (Å²) in [5.41, 5.74) is 3.97. The second kappa shape index (κ2) is 6.26. The van der Waals surface area contributed by atoms with Crippen molar-refractivity contribution in [2.24, 2.45) is 0 Å². The number of alkyl halides is 3. The molecule has 0 saturated carbocycles. The highest BCUT2D eigenvalue weighted by molar-refractivity contribution is 5.79. The molecule has 2 heterocycles. The molecule has 0 unspecified atom stereocenters. The van der Waals surface area contributed by atoms with Crippen molar-refractivity contribution in [3.05, 3.63) is 70.9 Å². The average Bonchev–Trinajstić information content (AvgIpc) is 3.19. The zero-order valence-electron chi connectivity index (χ0n) is 14.8. The van der Waals surface area contributed by atoms with E-state index in [0.717, 1.165) is 23.4 Å². The average molecular weight is 370 g/mol. The zero-order valence-corrected chi connectivity index (χ0v) is 14.8. The summed E-state index contributed by atoms with van der Waals surface area (Å²) < 4.78 is 40.5. The van der Waals surface area contributed by atoms with Gasteiger partial charge in [0.25, 0.3) is 0 Å². The number of imidazole rings is 1. The van der Waals surface area contributed by atoms with Crippen LogP contribution in [-0.4, -0.2) is 19.7 Å². The fourth-order valence-electron chi connectivity index (χ4n) is 2.96. The van der Waals surface area contributed by atoms with Gasteiger partial charge in [0, 0.05) is 5.69 Å². The molecule has 0 radical (unpaired) electrons. The lowest BCUT2D eigenvalue weighted by Gasteiger charge is -2.05. The van der Waals surface area contributed by atoms with Crippen LogP contribution in [0, 0.1) is 13.8 Å². The largest absolute Gasteiger partial charge is 0.416 e. The molecule has 2 aromatic carbocycles. The summed E-state index contributed by atoms with van der Waals surface area (Å²) in [5, 5.41) is 4.56. The zero-order chi connectivity index (χ0) is 19.2. The molecule has 0 bridgehead atoms. The molecule has 0 saturated heterocycles. The third kappa shape index (κ3) is 3.45. The lowest BCUT2D eigenvalue weighted by atomic mass is 10.1. The quantitative estimate of drug-likeness (QED) is 0.545. The third-order valence-corrected chi connectivity index (χ3v) is 4.49. The van der Waals surface area contributed by atoms with Crippen LogP contribution >= 0.6 is 0 Å². The van der Waals surface area contributed by atoms with Crippen LogP contribution in [0.3, 0.4) is 0 Å². The van der Waals surface area contributed by atoms with Gasteiger partial charge in [0.2, 0.25) is 0 Å². The van der Waals surface area contributed by atoms with Crippen LogP contribution < -0.4 is 0 Å². The first-order valence-corrected chi connectivity index (χ1v) is 8.47.